The van der Waals surface area contributed by atoms with Gasteiger partial charge in [0.2, 0.25) is 5.89 Å². The van der Waals surface area contributed by atoms with Crippen LogP contribution in [0.15, 0.2) is 173 Å². The third-order valence-electron chi connectivity index (χ3n) is 9.20. The number of fused-ring (bicyclic) bond motifs is 7. The molecule has 7 aromatic carbocycles. The van der Waals surface area contributed by atoms with Crippen LogP contribution in [-0.2, 0) is 0 Å². The molecule has 0 aliphatic rings. The lowest BCUT2D eigenvalue weighted by Crippen LogP contribution is -2.10. The number of oxazole rings is 1. The third-order valence-corrected chi connectivity index (χ3v) is 9.20. The minimum Gasteiger partial charge on any atom is -0.456 e. The molecule has 3 aromatic heterocycles. The predicted molar refractivity (Wildman–Crippen MR) is 196 cm³/mol. The van der Waals surface area contributed by atoms with Crippen LogP contribution in [0, 0.1) is 0 Å². The molecule has 0 spiro atoms. The third kappa shape index (κ3) is 4.08. The summed E-state index contributed by atoms with van der Waals surface area (Å²) in [5.74, 6) is 0.615. The lowest BCUT2D eigenvalue weighted by atomic mass is 10.1. The summed E-state index contributed by atoms with van der Waals surface area (Å²) < 4.78 is 14.9. The van der Waals surface area contributed by atoms with E-state index in [2.05, 4.69) is 137 Å². The molecule has 0 aliphatic heterocycles. The largest absolute Gasteiger partial charge is 0.456 e. The maximum absolute atomic E-state index is 6.33. The highest BCUT2D eigenvalue weighted by Gasteiger charge is 2.22. The Morgan fingerprint density at radius 3 is 2.02 bits per heavy atom. The predicted octanol–water partition coefficient (Wildman–Crippen LogP) is 12.0. The molecular formula is C43H27N3O2. The molecule has 0 saturated carbocycles. The Morgan fingerprint density at radius 2 is 1.17 bits per heavy atom. The number of furan rings is 1. The molecule has 0 radical (unpaired) electrons. The molecule has 0 aliphatic carbocycles. The average molecular weight is 618 g/mol. The summed E-state index contributed by atoms with van der Waals surface area (Å²) in [5.41, 5.74) is 10.8. The zero-order valence-electron chi connectivity index (χ0n) is 25.7. The summed E-state index contributed by atoms with van der Waals surface area (Å²) in [7, 11) is 0. The monoisotopic (exact) mass is 617 g/mol. The molecule has 0 bridgehead atoms. The number of anilines is 3. The van der Waals surface area contributed by atoms with Gasteiger partial charge < -0.3 is 18.3 Å². The summed E-state index contributed by atoms with van der Waals surface area (Å²) in [5, 5.41) is 4.42. The second-order valence-corrected chi connectivity index (χ2v) is 12.0. The van der Waals surface area contributed by atoms with Crippen molar-refractivity contribution in [2.24, 2.45) is 0 Å². The van der Waals surface area contributed by atoms with Crippen molar-refractivity contribution >= 4 is 71.9 Å². The van der Waals surface area contributed by atoms with Crippen molar-refractivity contribution in [3.05, 3.63) is 164 Å². The first-order valence-corrected chi connectivity index (χ1v) is 16.1. The fraction of sp³-hybridized carbons (Fsp3) is 0. The highest BCUT2D eigenvalue weighted by molar-refractivity contribution is 6.16. The van der Waals surface area contributed by atoms with E-state index in [1.54, 1.807) is 0 Å². The SMILES string of the molecule is c1ccc(N(c2ccc3oc4ccccc4c3c2)c2ccc3c4c(-c5nc6ccccc6o5)cccc4n(-c4ccccc4)c3c2)cc1. The zero-order valence-corrected chi connectivity index (χ0v) is 25.7. The van der Waals surface area contributed by atoms with Gasteiger partial charge in [-0.3, -0.25) is 0 Å². The molecule has 10 rings (SSSR count). The van der Waals surface area contributed by atoms with Gasteiger partial charge >= 0.3 is 0 Å². The van der Waals surface area contributed by atoms with Gasteiger partial charge in [-0.25, -0.2) is 4.98 Å². The van der Waals surface area contributed by atoms with Crippen LogP contribution >= 0.6 is 0 Å². The Bertz CT molecular complexity index is 2760. The molecule has 5 heteroatoms. The van der Waals surface area contributed by atoms with Gasteiger partial charge in [-0.1, -0.05) is 78.9 Å². The minimum atomic E-state index is 0.615. The maximum Gasteiger partial charge on any atom is 0.228 e. The normalized spacial score (nSPS) is 11.8. The molecule has 0 saturated heterocycles. The van der Waals surface area contributed by atoms with Gasteiger partial charge in [0, 0.05) is 49.9 Å². The van der Waals surface area contributed by atoms with E-state index in [1.165, 1.54) is 0 Å². The Morgan fingerprint density at radius 1 is 0.458 bits per heavy atom. The van der Waals surface area contributed by atoms with Gasteiger partial charge in [-0.05, 0) is 84.9 Å². The van der Waals surface area contributed by atoms with Crippen LogP contribution in [-0.4, -0.2) is 9.55 Å². The van der Waals surface area contributed by atoms with Crippen LogP contribution in [0.25, 0.3) is 72.0 Å². The molecule has 48 heavy (non-hydrogen) atoms. The Kier molecular flexibility index (Phi) is 5.81. The van der Waals surface area contributed by atoms with Crippen molar-refractivity contribution < 1.29 is 8.83 Å². The van der Waals surface area contributed by atoms with E-state index in [4.69, 9.17) is 13.8 Å². The quantitative estimate of drug-likeness (QED) is 0.193. The summed E-state index contributed by atoms with van der Waals surface area (Å²) in [6.45, 7) is 0. The van der Waals surface area contributed by atoms with Crippen LogP contribution in [0.1, 0.15) is 0 Å². The second-order valence-electron chi connectivity index (χ2n) is 12.0. The van der Waals surface area contributed by atoms with E-state index in [9.17, 15) is 0 Å². The molecular weight excluding hydrogens is 590 g/mol. The van der Waals surface area contributed by atoms with Gasteiger partial charge in [0.25, 0.3) is 0 Å². The summed E-state index contributed by atoms with van der Waals surface area (Å²) in [6, 6.07) is 56.8. The zero-order chi connectivity index (χ0) is 31.6. The second kappa shape index (κ2) is 10.5. The van der Waals surface area contributed by atoms with Crippen LogP contribution < -0.4 is 4.90 Å². The lowest BCUT2D eigenvalue weighted by Gasteiger charge is -2.26. The first kappa shape index (κ1) is 26.6. The Balaban J connectivity index is 1.24. The van der Waals surface area contributed by atoms with E-state index in [1.807, 2.05) is 36.4 Å². The molecule has 0 amide bonds. The van der Waals surface area contributed by atoms with Crippen LogP contribution in [0.5, 0.6) is 0 Å². The first-order chi connectivity index (χ1) is 23.8. The summed E-state index contributed by atoms with van der Waals surface area (Å²) in [4.78, 5) is 7.21. The summed E-state index contributed by atoms with van der Waals surface area (Å²) >= 11 is 0. The number of para-hydroxylation sites is 5. The molecule has 226 valence electrons. The van der Waals surface area contributed by atoms with Crippen molar-refractivity contribution in [2.75, 3.05) is 4.90 Å². The standard InChI is InChI=1S/C43H27N3O2/c1-3-12-28(13-4-1)45(30-23-25-40-35(26-30)32-16-7-9-20-39(32)47-40)31-22-24-33-38(27-31)46(29-14-5-2-6-15-29)37-19-11-17-34(42(33)37)43-44-36-18-8-10-21-41(36)48-43/h1-27H. The first-order valence-electron chi connectivity index (χ1n) is 16.1. The fourth-order valence-corrected chi connectivity index (χ4v) is 7.09. The Hall–Kier alpha value is -6.59. The van der Waals surface area contributed by atoms with Crippen molar-refractivity contribution in [1.29, 1.82) is 0 Å². The highest BCUT2D eigenvalue weighted by Crippen LogP contribution is 2.43. The number of hydrogen-bond acceptors (Lipinski definition) is 4. The van der Waals surface area contributed by atoms with Crippen molar-refractivity contribution in [2.45, 2.75) is 0 Å². The number of aromatic nitrogens is 2. The Labute approximate surface area is 275 Å². The molecule has 0 fully saturated rings. The van der Waals surface area contributed by atoms with Gasteiger partial charge in [0.1, 0.15) is 16.7 Å². The van der Waals surface area contributed by atoms with Crippen molar-refractivity contribution in [3.63, 3.8) is 0 Å². The number of benzene rings is 7. The molecule has 10 aromatic rings. The van der Waals surface area contributed by atoms with Crippen LogP contribution in [0.3, 0.4) is 0 Å². The minimum absolute atomic E-state index is 0.615. The van der Waals surface area contributed by atoms with Gasteiger partial charge in [0.15, 0.2) is 5.58 Å². The molecule has 0 atom stereocenters. The van der Waals surface area contributed by atoms with E-state index in [0.717, 1.165) is 83.2 Å². The number of hydrogen-bond donors (Lipinski definition) is 0. The van der Waals surface area contributed by atoms with E-state index in [0.29, 0.717) is 5.89 Å². The molecule has 0 N–H and O–H groups in total. The average Bonchev–Trinajstić information content (AvgIpc) is 3.84. The van der Waals surface area contributed by atoms with Crippen molar-refractivity contribution in [3.8, 4) is 17.1 Å². The van der Waals surface area contributed by atoms with Crippen LogP contribution in [0.4, 0.5) is 17.1 Å². The molecule has 3 heterocycles. The van der Waals surface area contributed by atoms with Crippen molar-refractivity contribution in [1.82, 2.24) is 9.55 Å². The van der Waals surface area contributed by atoms with Gasteiger partial charge in [-0.2, -0.15) is 0 Å². The topological polar surface area (TPSA) is 47.3 Å². The fourth-order valence-electron chi connectivity index (χ4n) is 7.09. The van der Waals surface area contributed by atoms with Crippen LogP contribution in [0.2, 0.25) is 0 Å². The maximum atomic E-state index is 6.33. The van der Waals surface area contributed by atoms with E-state index >= 15 is 0 Å². The highest BCUT2D eigenvalue weighted by atomic mass is 16.3. The molecule has 0 unspecified atom stereocenters. The molecule has 5 nitrogen and oxygen atoms in total. The van der Waals surface area contributed by atoms with E-state index < -0.39 is 0 Å². The van der Waals surface area contributed by atoms with Gasteiger partial charge in [0.05, 0.1) is 11.0 Å². The smallest absolute Gasteiger partial charge is 0.228 e. The van der Waals surface area contributed by atoms with Gasteiger partial charge in [-0.15, -0.1) is 0 Å². The summed E-state index contributed by atoms with van der Waals surface area (Å²) in [6.07, 6.45) is 0. The number of nitrogens with zero attached hydrogens (tertiary/aromatic N) is 3. The van der Waals surface area contributed by atoms with E-state index in [-0.39, 0.29) is 0 Å². The number of rotatable bonds is 5. The lowest BCUT2D eigenvalue weighted by molar-refractivity contribution is 0.620.